The zero-order valence-electron chi connectivity index (χ0n) is 15.3. The fourth-order valence-electron chi connectivity index (χ4n) is 3.47. The van der Waals surface area contributed by atoms with E-state index >= 15 is 0 Å². The molecule has 8 heteroatoms. The Balaban J connectivity index is 1.66. The Morgan fingerprint density at radius 3 is 2.73 bits per heavy atom. The number of allylic oxidation sites excluding steroid dienone is 1. The lowest BCUT2D eigenvalue weighted by atomic mass is 9.99. The van der Waals surface area contributed by atoms with Crippen molar-refractivity contribution in [2.75, 3.05) is 19.6 Å². The number of nitrogens with one attached hydrogen (secondary N) is 3. The van der Waals surface area contributed by atoms with Gasteiger partial charge in [0.2, 0.25) is 10.0 Å². The second-order valence-corrected chi connectivity index (χ2v) is 10.2. The second-order valence-electron chi connectivity index (χ2n) is 6.97. The number of hydrogen-bond acceptors (Lipinski definition) is 5. The lowest BCUT2D eigenvalue weighted by Gasteiger charge is -2.22. The average molecular weight is 398 g/mol. The molecule has 1 saturated heterocycles. The van der Waals surface area contributed by atoms with Crippen molar-refractivity contribution >= 4 is 21.8 Å². The molecule has 1 aromatic heterocycles. The van der Waals surface area contributed by atoms with Gasteiger partial charge in [-0.15, -0.1) is 11.8 Å². The van der Waals surface area contributed by atoms with Gasteiger partial charge in [-0.2, -0.15) is 0 Å². The number of pyridine rings is 1. The van der Waals surface area contributed by atoms with Gasteiger partial charge in [-0.05, 0) is 63.2 Å². The van der Waals surface area contributed by atoms with E-state index in [4.69, 9.17) is 0 Å². The number of thioether (sulfide) groups is 1. The van der Waals surface area contributed by atoms with E-state index in [0.29, 0.717) is 29.5 Å². The van der Waals surface area contributed by atoms with Gasteiger partial charge in [0.05, 0.1) is 0 Å². The van der Waals surface area contributed by atoms with E-state index in [-0.39, 0.29) is 10.8 Å². The molecular formula is C18H27N3O3S2. The van der Waals surface area contributed by atoms with Gasteiger partial charge in [0.25, 0.3) is 5.56 Å². The van der Waals surface area contributed by atoms with Crippen molar-refractivity contribution in [1.29, 1.82) is 0 Å². The molecule has 0 aliphatic carbocycles. The number of aromatic amines is 1. The maximum Gasteiger partial charge on any atom is 0.251 e. The van der Waals surface area contributed by atoms with Gasteiger partial charge in [-0.1, -0.05) is 13.0 Å². The van der Waals surface area contributed by atoms with Gasteiger partial charge in [0, 0.05) is 23.1 Å². The minimum atomic E-state index is -3.46. The molecular weight excluding hydrogens is 370 g/mol. The Morgan fingerprint density at radius 2 is 2.04 bits per heavy atom. The van der Waals surface area contributed by atoms with Crippen molar-refractivity contribution in [1.82, 2.24) is 15.0 Å². The quantitative estimate of drug-likeness (QED) is 0.684. The van der Waals surface area contributed by atoms with Crippen LogP contribution in [0.4, 0.5) is 0 Å². The predicted molar refractivity (Wildman–Crippen MR) is 107 cm³/mol. The highest BCUT2D eigenvalue weighted by molar-refractivity contribution is 8.18. The van der Waals surface area contributed by atoms with Gasteiger partial charge < -0.3 is 10.3 Å². The monoisotopic (exact) mass is 397 g/mol. The highest BCUT2D eigenvalue weighted by atomic mass is 32.3. The molecule has 0 spiro atoms. The molecule has 2 aliphatic heterocycles. The van der Waals surface area contributed by atoms with E-state index in [2.05, 4.69) is 15.0 Å². The molecule has 1 aromatic rings. The SMILES string of the molecule is CCc1cc(C2CC=C(S(=O)(=O)NCC3CCNCC3)S2)c(C)[nH]c1=O. The lowest BCUT2D eigenvalue weighted by molar-refractivity contribution is 0.373. The van der Waals surface area contributed by atoms with Gasteiger partial charge in [-0.25, -0.2) is 13.1 Å². The second kappa shape index (κ2) is 8.29. The van der Waals surface area contributed by atoms with Gasteiger partial charge >= 0.3 is 0 Å². The summed E-state index contributed by atoms with van der Waals surface area (Å²) in [4.78, 5) is 14.8. The van der Waals surface area contributed by atoms with Crippen LogP contribution in [0.25, 0.3) is 0 Å². The van der Waals surface area contributed by atoms with Crippen molar-refractivity contribution in [3.63, 3.8) is 0 Å². The van der Waals surface area contributed by atoms with E-state index in [1.165, 1.54) is 11.8 Å². The van der Waals surface area contributed by atoms with Crippen molar-refractivity contribution in [3.05, 3.63) is 43.6 Å². The van der Waals surface area contributed by atoms with Crippen LogP contribution in [0.15, 0.2) is 21.2 Å². The Morgan fingerprint density at radius 1 is 1.31 bits per heavy atom. The topological polar surface area (TPSA) is 91.1 Å². The van der Waals surface area contributed by atoms with Crippen LogP contribution in [0, 0.1) is 12.8 Å². The number of H-pyrrole nitrogens is 1. The molecule has 0 radical (unpaired) electrons. The molecule has 6 nitrogen and oxygen atoms in total. The predicted octanol–water partition coefficient (Wildman–Crippen LogP) is 2.18. The smallest absolute Gasteiger partial charge is 0.251 e. The summed E-state index contributed by atoms with van der Waals surface area (Å²) >= 11 is 1.37. The third-order valence-electron chi connectivity index (χ3n) is 5.13. The minimum Gasteiger partial charge on any atom is -0.326 e. The van der Waals surface area contributed by atoms with Crippen molar-refractivity contribution in [2.45, 2.75) is 44.8 Å². The first-order chi connectivity index (χ1) is 12.4. The van der Waals surface area contributed by atoms with Crippen LogP contribution in [-0.4, -0.2) is 33.0 Å². The van der Waals surface area contributed by atoms with Crippen LogP contribution >= 0.6 is 11.8 Å². The van der Waals surface area contributed by atoms with Gasteiger partial charge in [-0.3, -0.25) is 4.79 Å². The molecule has 0 saturated carbocycles. The van der Waals surface area contributed by atoms with E-state index in [1.54, 1.807) is 6.08 Å². The van der Waals surface area contributed by atoms with Crippen LogP contribution in [-0.2, 0) is 16.4 Å². The van der Waals surface area contributed by atoms with Crippen LogP contribution in [0.5, 0.6) is 0 Å². The van der Waals surface area contributed by atoms with Crippen molar-refractivity contribution in [3.8, 4) is 0 Å². The Labute approximate surface area is 159 Å². The summed E-state index contributed by atoms with van der Waals surface area (Å²) in [5.41, 5.74) is 2.53. The largest absolute Gasteiger partial charge is 0.326 e. The Bertz CT molecular complexity index is 840. The molecule has 0 bridgehead atoms. The van der Waals surface area contributed by atoms with Crippen molar-refractivity contribution in [2.24, 2.45) is 5.92 Å². The third-order valence-corrected chi connectivity index (χ3v) is 8.45. The molecule has 1 unspecified atom stereocenters. The summed E-state index contributed by atoms with van der Waals surface area (Å²) in [5, 5.41) is 3.32. The standard InChI is InChI=1S/C18H27N3O3S2/c1-3-14-10-15(12(2)21-18(14)22)16-4-5-17(25-16)26(23,24)20-11-13-6-8-19-9-7-13/h5,10,13,16,19-20H,3-4,6-9,11H2,1-2H3,(H,21,22). The highest BCUT2D eigenvalue weighted by Gasteiger charge is 2.30. The number of rotatable bonds is 6. The number of aryl methyl sites for hydroxylation is 2. The molecule has 0 aromatic carbocycles. The fourth-order valence-corrected chi connectivity index (χ4v) is 6.45. The van der Waals surface area contributed by atoms with E-state index in [9.17, 15) is 13.2 Å². The highest BCUT2D eigenvalue weighted by Crippen LogP contribution is 2.46. The zero-order chi connectivity index (χ0) is 18.7. The van der Waals surface area contributed by atoms with Gasteiger partial charge in [0.1, 0.15) is 4.24 Å². The van der Waals surface area contributed by atoms with Crippen LogP contribution in [0.2, 0.25) is 0 Å². The maximum absolute atomic E-state index is 12.6. The summed E-state index contributed by atoms with van der Waals surface area (Å²) in [5.74, 6) is 0.405. The molecule has 1 fully saturated rings. The van der Waals surface area contributed by atoms with E-state index in [0.717, 1.165) is 42.8 Å². The molecule has 3 N–H and O–H groups in total. The maximum atomic E-state index is 12.6. The number of sulfonamides is 1. The first-order valence-electron chi connectivity index (χ1n) is 9.20. The third kappa shape index (κ3) is 4.42. The Kier molecular flexibility index (Phi) is 6.27. The summed E-state index contributed by atoms with van der Waals surface area (Å²) in [6, 6.07) is 1.93. The average Bonchev–Trinajstić information content (AvgIpc) is 3.12. The minimum absolute atomic E-state index is 0.0302. The van der Waals surface area contributed by atoms with Crippen molar-refractivity contribution < 1.29 is 8.42 Å². The number of piperidine rings is 1. The molecule has 3 heterocycles. The molecule has 2 aliphatic rings. The Hall–Kier alpha value is -1.09. The van der Waals surface area contributed by atoms with Gasteiger partial charge in [0.15, 0.2) is 0 Å². The molecule has 0 amide bonds. The first kappa shape index (κ1) is 19.7. The molecule has 26 heavy (non-hydrogen) atoms. The normalized spacial score (nSPS) is 21.8. The van der Waals surface area contributed by atoms with E-state index < -0.39 is 10.0 Å². The number of hydrogen-bond donors (Lipinski definition) is 3. The van der Waals surface area contributed by atoms with Crippen LogP contribution in [0.3, 0.4) is 0 Å². The number of aromatic nitrogens is 1. The summed E-state index contributed by atoms with van der Waals surface area (Å²) < 4.78 is 28.5. The summed E-state index contributed by atoms with van der Waals surface area (Å²) in [6.45, 7) is 6.24. The summed E-state index contributed by atoms with van der Waals surface area (Å²) in [7, 11) is -3.46. The molecule has 144 valence electrons. The summed E-state index contributed by atoms with van der Waals surface area (Å²) in [6.07, 6.45) is 5.14. The van der Waals surface area contributed by atoms with Crippen LogP contribution in [0.1, 0.15) is 48.3 Å². The fraction of sp³-hybridized carbons (Fsp3) is 0.611. The lowest BCUT2D eigenvalue weighted by Crippen LogP contribution is -2.36. The molecule has 1 atom stereocenters. The zero-order valence-corrected chi connectivity index (χ0v) is 16.9. The molecule has 3 rings (SSSR count). The van der Waals surface area contributed by atoms with Crippen LogP contribution < -0.4 is 15.6 Å². The van der Waals surface area contributed by atoms with E-state index in [1.807, 2.05) is 19.9 Å². The first-order valence-corrected chi connectivity index (χ1v) is 11.6.